The third-order valence-corrected chi connectivity index (χ3v) is 3.18. The van der Waals surface area contributed by atoms with Crippen LogP contribution in [0.5, 0.6) is 0 Å². The topological polar surface area (TPSA) is 32.3 Å². The number of benzene rings is 1. The molecular formula is C12H18BrNO. The van der Waals surface area contributed by atoms with Crippen molar-refractivity contribution in [3.05, 3.63) is 33.8 Å². The molecule has 0 heterocycles. The van der Waals surface area contributed by atoms with E-state index in [1.807, 2.05) is 6.92 Å². The summed E-state index contributed by atoms with van der Waals surface area (Å²) in [5.74, 6) is 0. The molecule has 0 aliphatic heterocycles. The van der Waals surface area contributed by atoms with Crippen molar-refractivity contribution in [1.29, 1.82) is 0 Å². The van der Waals surface area contributed by atoms with Crippen molar-refractivity contribution in [2.75, 3.05) is 6.54 Å². The molecule has 0 spiro atoms. The van der Waals surface area contributed by atoms with Crippen LogP contribution >= 0.6 is 15.9 Å². The number of hydrogen-bond donors (Lipinski definition) is 2. The second-order valence-electron chi connectivity index (χ2n) is 3.90. The lowest BCUT2D eigenvalue weighted by Gasteiger charge is -2.07. The highest BCUT2D eigenvalue weighted by molar-refractivity contribution is 9.10. The van der Waals surface area contributed by atoms with Gasteiger partial charge in [0.05, 0.1) is 6.10 Å². The number of nitrogens with one attached hydrogen (secondary N) is 1. The summed E-state index contributed by atoms with van der Waals surface area (Å²) in [6.07, 6.45) is 0.583. The summed E-state index contributed by atoms with van der Waals surface area (Å²) in [4.78, 5) is 0. The summed E-state index contributed by atoms with van der Waals surface area (Å²) < 4.78 is 1.15. The third kappa shape index (κ3) is 4.78. The number of hydrogen-bond acceptors (Lipinski definition) is 2. The first-order valence-electron chi connectivity index (χ1n) is 5.23. The van der Waals surface area contributed by atoms with Gasteiger partial charge in [0.15, 0.2) is 0 Å². The third-order valence-electron chi connectivity index (χ3n) is 2.29. The Bertz CT molecular complexity index is 312. The second-order valence-corrected chi connectivity index (χ2v) is 4.75. The summed E-state index contributed by atoms with van der Waals surface area (Å²) in [5, 5.41) is 12.4. The van der Waals surface area contributed by atoms with Gasteiger partial charge in [0.25, 0.3) is 0 Å². The predicted octanol–water partition coefficient (Wildman–Crippen LogP) is 2.62. The molecule has 2 nitrogen and oxygen atoms in total. The van der Waals surface area contributed by atoms with Crippen molar-refractivity contribution < 1.29 is 5.11 Å². The number of rotatable bonds is 5. The van der Waals surface area contributed by atoms with E-state index in [1.165, 1.54) is 11.1 Å². The number of aliphatic hydroxyl groups excluding tert-OH is 1. The van der Waals surface area contributed by atoms with E-state index in [9.17, 15) is 0 Å². The average Bonchev–Trinajstić information content (AvgIpc) is 2.18. The Morgan fingerprint density at radius 1 is 1.47 bits per heavy atom. The van der Waals surface area contributed by atoms with Gasteiger partial charge in [-0.25, -0.2) is 0 Å². The zero-order valence-corrected chi connectivity index (χ0v) is 10.8. The molecule has 2 N–H and O–H groups in total. The summed E-state index contributed by atoms with van der Waals surface area (Å²) in [6, 6.07) is 6.34. The molecule has 84 valence electrons. The highest BCUT2D eigenvalue weighted by Crippen LogP contribution is 2.16. The van der Waals surface area contributed by atoms with E-state index in [-0.39, 0.29) is 6.10 Å². The molecular weight excluding hydrogens is 254 g/mol. The predicted molar refractivity (Wildman–Crippen MR) is 66.9 cm³/mol. The van der Waals surface area contributed by atoms with Gasteiger partial charge in [0, 0.05) is 11.0 Å². The molecule has 1 atom stereocenters. The first-order valence-corrected chi connectivity index (χ1v) is 6.02. The maximum Gasteiger partial charge on any atom is 0.0524 e. The number of aryl methyl sites for hydroxylation is 1. The van der Waals surface area contributed by atoms with Crippen molar-refractivity contribution >= 4 is 15.9 Å². The fourth-order valence-electron chi connectivity index (χ4n) is 1.36. The molecule has 0 aliphatic rings. The molecule has 3 heteroatoms. The van der Waals surface area contributed by atoms with E-state index >= 15 is 0 Å². The quantitative estimate of drug-likeness (QED) is 0.808. The molecule has 0 amide bonds. The largest absolute Gasteiger partial charge is 0.393 e. The van der Waals surface area contributed by atoms with Crippen LogP contribution < -0.4 is 5.32 Å². The molecule has 1 rings (SSSR count). The first-order chi connectivity index (χ1) is 7.09. The second kappa shape index (κ2) is 6.26. The molecule has 15 heavy (non-hydrogen) atoms. The normalized spacial score (nSPS) is 12.8. The van der Waals surface area contributed by atoms with Gasteiger partial charge < -0.3 is 10.4 Å². The Labute approximate surface area is 99.8 Å². The zero-order chi connectivity index (χ0) is 11.3. The van der Waals surface area contributed by atoms with E-state index < -0.39 is 0 Å². The molecule has 0 aliphatic carbocycles. The minimum atomic E-state index is -0.218. The molecule has 1 aromatic rings. The van der Waals surface area contributed by atoms with Crippen LogP contribution in [0.25, 0.3) is 0 Å². The smallest absolute Gasteiger partial charge is 0.0524 e. The highest BCUT2D eigenvalue weighted by atomic mass is 79.9. The molecule has 0 radical (unpaired) electrons. The summed E-state index contributed by atoms with van der Waals surface area (Å²) in [5.41, 5.74) is 2.53. The van der Waals surface area contributed by atoms with Crippen molar-refractivity contribution in [2.24, 2.45) is 0 Å². The standard InChI is InChI=1S/C12H18BrNO/c1-9-7-11(3-4-12(9)13)8-14-6-5-10(2)15/h3-4,7,10,14-15H,5-6,8H2,1-2H3. The Hall–Kier alpha value is -0.380. The van der Waals surface area contributed by atoms with Crippen LogP contribution in [0, 0.1) is 6.92 Å². The van der Waals surface area contributed by atoms with E-state index in [0.29, 0.717) is 0 Å². The first kappa shape index (κ1) is 12.7. The van der Waals surface area contributed by atoms with Crippen LogP contribution in [0.4, 0.5) is 0 Å². The lowest BCUT2D eigenvalue weighted by molar-refractivity contribution is 0.183. The van der Waals surface area contributed by atoms with Crippen molar-refractivity contribution in [2.45, 2.75) is 32.9 Å². The van der Waals surface area contributed by atoms with Gasteiger partial charge in [0.2, 0.25) is 0 Å². The van der Waals surface area contributed by atoms with Crippen LogP contribution in [-0.4, -0.2) is 17.8 Å². The molecule has 0 aromatic heterocycles. The molecule has 0 bridgehead atoms. The number of aliphatic hydroxyl groups is 1. The summed E-state index contributed by atoms with van der Waals surface area (Å²) in [7, 11) is 0. The maximum atomic E-state index is 9.08. The fraction of sp³-hybridized carbons (Fsp3) is 0.500. The van der Waals surface area contributed by atoms with E-state index in [2.05, 4.69) is 46.4 Å². The Kier molecular flexibility index (Phi) is 5.29. The summed E-state index contributed by atoms with van der Waals surface area (Å²) >= 11 is 3.48. The molecule has 0 fully saturated rings. The van der Waals surface area contributed by atoms with Crippen molar-refractivity contribution in [3.63, 3.8) is 0 Å². The average molecular weight is 272 g/mol. The van der Waals surface area contributed by atoms with Crippen LogP contribution in [0.2, 0.25) is 0 Å². The monoisotopic (exact) mass is 271 g/mol. The van der Waals surface area contributed by atoms with Crippen LogP contribution in [0.1, 0.15) is 24.5 Å². The zero-order valence-electron chi connectivity index (χ0n) is 9.26. The minimum absolute atomic E-state index is 0.218. The van der Waals surface area contributed by atoms with Gasteiger partial charge in [-0.2, -0.15) is 0 Å². The highest BCUT2D eigenvalue weighted by Gasteiger charge is 1.98. The van der Waals surface area contributed by atoms with E-state index in [4.69, 9.17) is 5.11 Å². The van der Waals surface area contributed by atoms with Crippen molar-refractivity contribution in [1.82, 2.24) is 5.32 Å². The van der Waals surface area contributed by atoms with Gasteiger partial charge in [-0.05, 0) is 44.0 Å². The minimum Gasteiger partial charge on any atom is -0.393 e. The molecule has 1 aromatic carbocycles. The van der Waals surface area contributed by atoms with Gasteiger partial charge in [-0.3, -0.25) is 0 Å². The fourth-order valence-corrected chi connectivity index (χ4v) is 1.61. The lowest BCUT2D eigenvalue weighted by atomic mass is 10.1. The van der Waals surface area contributed by atoms with Gasteiger partial charge in [-0.1, -0.05) is 28.1 Å². The van der Waals surface area contributed by atoms with Gasteiger partial charge in [0.1, 0.15) is 0 Å². The SMILES string of the molecule is Cc1cc(CNCCC(C)O)ccc1Br. The van der Waals surface area contributed by atoms with Gasteiger partial charge in [-0.15, -0.1) is 0 Å². The van der Waals surface area contributed by atoms with Gasteiger partial charge >= 0.3 is 0 Å². The van der Waals surface area contributed by atoms with Crippen LogP contribution in [-0.2, 0) is 6.54 Å². The van der Waals surface area contributed by atoms with E-state index in [1.54, 1.807) is 0 Å². The maximum absolute atomic E-state index is 9.08. The van der Waals surface area contributed by atoms with Crippen LogP contribution in [0.3, 0.4) is 0 Å². The Morgan fingerprint density at radius 2 is 2.20 bits per heavy atom. The molecule has 0 saturated carbocycles. The van der Waals surface area contributed by atoms with Crippen molar-refractivity contribution in [3.8, 4) is 0 Å². The lowest BCUT2D eigenvalue weighted by Crippen LogP contribution is -2.18. The number of halogens is 1. The summed E-state index contributed by atoms with van der Waals surface area (Å²) in [6.45, 7) is 5.61. The van der Waals surface area contributed by atoms with Crippen LogP contribution in [0.15, 0.2) is 22.7 Å². The van der Waals surface area contributed by atoms with E-state index in [0.717, 1.165) is 24.0 Å². The molecule has 1 unspecified atom stereocenters. The molecule has 0 saturated heterocycles. The Morgan fingerprint density at radius 3 is 2.80 bits per heavy atom. The Balaban J connectivity index is 2.35.